The molecule has 0 atom stereocenters. The summed E-state index contributed by atoms with van der Waals surface area (Å²) in [6.07, 6.45) is 2.72. The highest BCUT2D eigenvalue weighted by molar-refractivity contribution is 7.89. The third-order valence-corrected chi connectivity index (χ3v) is 6.97. The Labute approximate surface area is 194 Å². The second-order valence-electron chi connectivity index (χ2n) is 7.72. The Morgan fingerprint density at radius 1 is 1.06 bits per heavy atom. The first-order valence-electron chi connectivity index (χ1n) is 10.7. The number of morpholine rings is 1. The summed E-state index contributed by atoms with van der Waals surface area (Å²) in [5, 5.41) is 0. The number of anilines is 1. The molecule has 0 N–H and O–H groups in total. The molecule has 0 unspecified atom stereocenters. The maximum atomic E-state index is 12.7. The molecule has 0 aromatic heterocycles. The van der Waals surface area contributed by atoms with E-state index < -0.39 is 16.0 Å². The fraction of sp³-hybridized carbons (Fsp3) is 0.333. The summed E-state index contributed by atoms with van der Waals surface area (Å²) in [5.74, 6) is -0.985. The first-order valence-corrected chi connectivity index (χ1v) is 12.1. The Balaban J connectivity index is 1.56. The normalized spacial score (nSPS) is 15.0. The maximum absolute atomic E-state index is 12.7. The molecule has 0 spiro atoms. The van der Waals surface area contributed by atoms with Gasteiger partial charge < -0.3 is 14.4 Å². The molecule has 0 saturated carbocycles. The number of rotatable bonds is 8. The van der Waals surface area contributed by atoms with Crippen LogP contribution in [0.3, 0.4) is 0 Å². The molecule has 8 nitrogen and oxygen atoms in total. The van der Waals surface area contributed by atoms with Gasteiger partial charge in [-0.05, 0) is 49.8 Å². The van der Waals surface area contributed by atoms with E-state index in [-0.39, 0.29) is 23.5 Å². The summed E-state index contributed by atoms with van der Waals surface area (Å²) < 4.78 is 37.0. The number of ether oxygens (including phenoxy) is 2. The molecule has 2 aromatic rings. The Morgan fingerprint density at radius 3 is 2.30 bits per heavy atom. The van der Waals surface area contributed by atoms with Crippen LogP contribution in [-0.2, 0) is 29.1 Å². The lowest BCUT2D eigenvalue weighted by Gasteiger charge is -2.26. The van der Waals surface area contributed by atoms with Crippen LogP contribution in [0.15, 0.2) is 65.6 Å². The molecule has 176 valence electrons. The number of amides is 1. The number of para-hydroxylation sites is 1. The third kappa shape index (κ3) is 6.50. The predicted octanol–water partition coefficient (Wildman–Crippen LogP) is 2.71. The van der Waals surface area contributed by atoms with Gasteiger partial charge in [0, 0.05) is 30.9 Å². The van der Waals surface area contributed by atoms with Gasteiger partial charge >= 0.3 is 5.97 Å². The van der Waals surface area contributed by atoms with E-state index in [1.807, 2.05) is 44.2 Å². The van der Waals surface area contributed by atoms with Crippen molar-refractivity contribution in [2.24, 2.45) is 0 Å². The van der Waals surface area contributed by atoms with Gasteiger partial charge in [-0.15, -0.1) is 0 Å². The zero-order valence-electron chi connectivity index (χ0n) is 18.7. The second-order valence-corrected chi connectivity index (χ2v) is 9.66. The molecule has 3 rings (SSSR count). The number of hydrogen-bond acceptors (Lipinski definition) is 6. The maximum Gasteiger partial charge on any atom is 0.331 e. The van der Waals surface area contributed by atoms with Crippen LogP contribution in [0.5, 0.6) is 0 Å². The molecule has 1 aliphatic heterocycles. The number of nitrogens with zero attached hydrogens (tertiary/aromatic N) is 2. The summed E-state index contributed by atoms with van der Waals surface area (Å²) in [6, 6.07) is 15.3. The molecule has 1 amide bonds. The molecule has 33 heavy (non-hydrogen) atoms. The van der Waals surface area contributed by atoms with Gasteiger partial charge in [0.25, 0.3) is 5.91 Å². The number of carbonyl (C=O) groups excluding carboxylic acids is 2. The number of carbonyl (C=O) groups is 2. The molecule has 2 aromatic carbocycles. The summed E-state index contributed by atoms with van der Waals surface area (Å²) in [4.78, 5) is 26.4. The van der Waals surface area contributed by atoms with Crippen LogP contribution in [0.1, 0.15) is 19.4 Å². The molecular formula is C24H28N2O6S. The predicted molar refractivity (Wildman–Crippen MR) is 125 cm³/mol. The SMILES string of the molecule is CC(C)N(C(=O)COC(=O)/C=C/c1ccc(S(=O)(=O)N2CCOCC2)cc1)c1ccccc1. The van der Waals surface area contributed by atoms with Gasteiger partial charge in [-0.25, -0.2) is 13.2 Å². The minimum absolute atomic E-state index is 0.0959. The molecule has 1 aliphatic rings. The van der Waals surface area contributed by atoms with Crippen molar-refractivity contribution in [1.82, 2.24) is 4.31 Å². The minimum Gasteiger partial charge on any atom is -0.452 e. The average molecular weight is 473 g/mol. The highest BCUT2D eigenvalue weighted by atomic mass is 32.2. The zero-order chi connectivity index (χ0) is 23.8. The summed E-state index contributed by atoms with van der Waals surface area (Å²) in [7, 11) is -3.57. The number of esters is 1. The first kappa shape index (κ1) is 24.6. The van der Waals surface area contributed by atoms with Crippen molar-refractivity contribution in [2.45, 2.75) is 24.8 Å². The van der Waals surface area contributed by atoms with Crippen molar-refractivity contribution in [3.05, 3.63) is 66.2 Å². The number of benzene rings is 2. The van der Waals surface area contributed by atoms with Gasteiger partial charge in [0.2, 0.25) is 10.0 Å². The van der Waals surface area contributed by atoms with Crippen LogP contribution in [-0.4, -0.2) is 63.6 Å². The van der Waals surface area contributed by atoms with Gasteiger partial charge in [-0.3, -0.25) is 4.79 Å². The van der Waals surface area contributed by atoms with E-state index >= 15 is 0 Å². The summed E-state index contributed by atoms with van der Waals surface area (Å²) in [6.45, 7) is 4.80. The summed E-state index contributed by atoms with van der Waals surface area (Å²) >= 11 is 0. The molecule has 1 heterocycles. The Hall–Kier alpha value is -3.01. The summed E-state index contributed by atoms with van der Waals surface area (Å²) in [5.41, 5.74) is 1.36. The third-order valence-electron chi connectivity index (χ3n) is 5.06. The van der Waals surface area contributed by atoms with Gasteiger partial charge in [-0.1, -0.05) is 30.3 Å². The average Bonchev–Trinajstić information content (AvgIpc) is 2.83. The lowest BCUT2D eigenvalue weighted by molar-refractivity contribution is -0.143. The van der Waals surface area contributed by atoms with Crippen molar-refractivity contribution >= 4 is 33.7 Å². The van der Waals surface area contributed by atoms with Crippen molar-refractivity contribution in [1.29, 1.82) is 0 Å². The number of hydrogen-bond donors (Lipinski definition) is 0. The lowest BCUT2D eigenvalue weighted by Crippen LogP contribution is -2.40. The molecule has 0 radical (unpaired) electrons. The largest absolute Gasteiger partial charge is 0.452 e. The van der Waals surface area contributed by atoms with Crippen molar-refractivity contribution in [3.8, 4) is 0 Å². The van der Waals surface area contributed by atoms with E-state index in [0.717, 1.165) is 5.69 Å². The first-order chi connectivity index (χ1) is 15.8. The Morgan fingerprint density at radius 2 is 1.70 bits per heavy atom. The van der Waals surface area contributed by atoms with E-state index in [2.05, 4.69) is 0 Å². The van der Waals surface area contributed by atoms with Crippen molar-refractivity contribution in [3.63, 3.8) is 0 Å². The fourth-order valence-electron chi connectivity index (χ4n) is 3.42. The molecule has 0 bridgehead atoms. The number of sulfonamides is 1. The highest BCUT2D eigenvalue weighted by Crippen LogP contribution is 2.19. The van der Waals surface area contributed by atoms with Crippen LogP contribution < -0.4 is 4.90 Å². The van der Waals surface area contributed by atoms with Crippen LogP contribution >= 0.6 is 0 Å². The van der Waals surface area contributed by atoms with Crippen LogP contribution in [0.25, 0.3) is 6.08 Å². The van der Waals surface area contributed by atoms with E-state index in [9.17, 15) is 18.0 Å². The van der Waals surface area contributed by atoms with Gasteiger partial charge in [0.15, 0.2) is 6.61 Å². The molecular weight excluding hydrogens is 444 g/mol. The second kappa shape index (κ2) is 11.2. The minimum atomic E-state index is -3.57. The molecule has 9 heteroatoms. The topological polar surface area (TPSA) is 93.2 Å². The van der Waals surface area contributed by atoms with E-state index in [4.69, 9.17) is 9.47 Å². The quantitative estimate of drug-likeness (QED) is 0.433. The fourth-order valence-corrected chi connectivity index (χ4v) is 4.83. The van der Waals surface area contributed by atoms with Crippen LogP contribution in [0.2, 0.25) is 0 Å². The Bertz CT molecular complexity index is 1080. The van der Waals surface area contributed by atoms with Gasteiger partial charge in [-0.2, -0.15) is 4.31 Å². The smallest absolute Gasteiger partial charge is 0.331 e. The molecule has 0 aliphatic carbocycles. The Kier molecular flexibility index (Phi) is 8.37. The van der Waals surface area contributed by atoms with Gasteiger partial charge in [0.1, 0.15) is 0 Å². The van der Waals surface area contributed by atoms with E-state index in [1.54, 1.807) is 17.0 Å². The lowest BCUT2D eigenvalue weighted by atomic mass is 10.2. The standard InChI is InChI=1S/C24H28N2O6S/c1-19(2)26(21-6-4-3-5-7-21)23(27)18-32-24(28)13-10-20-8-11-22(12-9-20)33(29,30)25-14-16-31-17-15-25/h3-13,19H,14-18H2,1-2H3/b13-10+. The highest BCUT2D eigenvalue weighted by Gasteiger charge is 2.26. The van der Waals surface area contributed by atoms with Gasteiger partial charge in [0.05, 0.1) is 18.1 Å². The molecule has 1 saturated heterocycles. The van der Waals surface area contributed by atoms with Crippen LogP contribution in [0, 0.1) is 0 Å². The van der Waals surface area contributed by atoms with E-state index in [0.29, 0.717) is 31.9 Å². The zero-order valence-corrected chi connectivity index (χ0v) is 19.5. The van der Waals surface area contributed by atoms with E-state index in [1.165, 1.54) is 28.6 Å². The van der Waals surface area contributed by atoms with Crippen LogP contribution in [0.4, 0.5) is 5.69 Å². The van der Waals surface area contributed by atoms with Crippen molar-refractivity contribution < 1.29 is 27.5 Å². The molecule has 1 fully saturated rings. The van der Waals surface area contributed by atoms with Crippen molar-refractivity contribution in [2.75, 3.05) is 37.8 Å². The monoisotopic (exact) mass is 472 g/mol.